The van der Waals surface area contributed by atoms with Crippen LogP contribution in [0.2, 0.25) is 0 Å². The lowest BCUT2D eigenvalue weighted by molar-refractivity contribution is 0.0335. The number of hydrogen-bond acceptors (Lipinski definition) is 6. The number of halogens is 1. The van der Waals surface area contributed by atoms with Gasteiger partial charge in [-0.1, -0.05) is 22.0 Å². The second-order valence-electron chi connectivity index (χ2n) is 6.00. The van der Waals surface area contributed by atoms with Gasteiger partial charge in [0.25, 0.3) is 5.91 Å². The predicted molar refractivity (Wildman–Crippen MR) is 111 cm³/mol. The maximum Gasteiger partial charge on any atom is 0.349 e. The van der Waals surface area contributed by atoms with Gasteiger partial charge in [-0.25, -0.2) is 9.59 Å². The molecule has 2 aromatic carbocycles. The van der Waals surface area contributed by atoms with Gasteiger partial charge in [0.05, 0.1) is 12.2 Å². The van der Waals surface area contributed by atoms with E-state index in [9.17, 15) is 14.4 Å². The van der Waals surface area contributed by atoms with Gasteiger partial charge in [-0.15, -0.1) is 0 Å². The normalized spacial score (nSPS) is 10.7. The van der Waals surface area contributed by atoms with Crippen LogP contribution in [-0.2, 0) is 9.47 Å². The molecule has 0 aliphatic rings. The van der Waals surface area contributed by atoms with Gasteiger partial charge >= 0.3 is 11.6 Å². The van der Waals surface area contributed by atoms with Crippen LogP contribution in [0.15, 0.2) is 62.2 Å². The van der Waals surface area contributed by atoms with Crippen molar-refractivity contribution in [3.63, 3.8) is 0 Å². The Bertz CT molecular complexity index is 1110. The molecule has 1 N–H and O–H groups in total. The number of amides is 1. The highest BCUT2D eigenvalue weighted by Gasteiger charge is 2.15. The van der Waals surface area contributed by atoms with Crippen molar-refractivity contribution in [3.8, 4) is 0 Å². The molecule has 0 aliphatic carbocycles. The largest absolute Gasteiger partial charge is 0.460 e. The van der Waals surface area contributed by atoms with Crippen LogP contribution in [0.25, 0.3) is 11.0 Å². The number of fused-ring (bicyclic) bond motifs is 1. The predicted octanol–water partition coefficient (Wildman–Crippen LogP) is 4.00. The first-order valence-electron chi connectivity index (χ1n) is 8.87. The Balaban J connectivity index is 1.75. The minimum absolute atomic E-state index is 0.136. The second-order valence-corrected chi connectivity index (χ2v) is 6.91. The van der Waals surface area contributed by atoms with Crippen LogP contribution in [0.1, 0.15) is 27.6 Å². The number of carbonyl (C=O) groups excluding carboxylic acids is 2. The zero-order chi connectivity index (χ0) is 20.8. The molecular formula is C21H18BrNO6. The fourth-order valence-electron chi connectivity index (χ4n) is 2.60. The summed E-state index contributed by atoms with van der Waals surface area (Å²) in [5.74, 6) is -1.17. The summed E-state index contributed by atoms with van der Waals surface area (Å²) in [6, 6.07) is 12.8. The molecule has 1 aromatic heterocycles. The molecule has 3 aromatic rings. The summed E-state index contributed by atoms with van der Waals surface area (Å²) in [5.41, 5.74) is 0.118. The Labute approximate surface area is 174 Å². The first-order valence-corrected chi connectivity index (χ1v) is 9.67. The van der Waals surface area contributed by atoms with Crippen molar-refractivity contribution in [2.75, 3.05) is 25.1 Å². The summed E-state index contributed by atoms with van der Waals surface area (Å²) >= 11 is 3.34. The van der Waals surface area contributed by atoms with Gasteiger partial charge in [-0.05, 0) is 49.4 Å². The van der Waals surface area contributed by atoms with E-state index >= 15 is 0 Å². The van der Waals surface area contributed by atoms with Gasteiger partial charge in [0.2, 0.25) is 0 Å². The van der Waals surface area contributed by atoms with E-state index in [4.69, 9.17) is 13.9 Å². The molecule has 0 atom stereocenters. The van der Waals surface area contributed by atoms with Gasteiger partial charge in [0.15, 0.2) is 0 Å². The van der Waals surface area contributed by atoms with Crippen LogP contribution < -0.4 is 10.9 Å². The Morgan fingerprint density at radius 3 is 2.72 bits per heavy atom. The van der Waals surface area contributed by atoms with Crippen molar-refractivity contribution >= 4 is 44.5 Å². The van der Waals surface area contributed by atoms with Crippen LogP contribution in [0.5, 0.6) is 0 Å². The Morgan fingerprint density at radius 2 is 1.93 bits per heavy atom. The number of benzene rings is 2. The molecule has 0 bridgehead atoms. The summed E-state index contributed by atoms with van der Waals surface area (Å²) < 4.78 is 16.2. The van der Waals surface area contributed by atoms with E-state index in [-0.39, 0.29) is 17.7 Å². The minimum atomic E-state index is -0.746. The lowest BCUT2D eigenvalue weighted by Gasteiger charge is -2.08. The molecule has 3 rings (SSSR count). The van der Waals surface area contributed by atoms with Crippen molar-refractivity contribution in [1.82, 2.24) is 0 Å². The highest BCUT2D eigenvalue weighted by molar-refractivity contribution is 9.10. The van der Waals surface area contributed by atoms with E-state index in [1.165, 1.54) is 12.1 Å². The van der Waals surface area contributed by atoms with Gasteiger partial charge < -0.3 is 19.2 Å². The molecule has 29 heavy (non-hydrogen) atoms. The maximum absolute atomic E-state index is 12.6. The van der Waals surface area contributed by atoms with Crippen molar-refractivity contribution in [3.05, 3.63) is 74.6 Å². The molecule has 0 fully saturated rings. The van der Waals surface area contributed by atoms with Crippen molar-refractivity contribution < 1.29 is 23.5 Å². The third-order valence-corrected chi connectivity index (χ3v) is 4.45. The summed E-state index contributed by atoms with van der Waals surface area (Å²) in [7, 11) is 0. The third kappa shape index (κ3) is 5.30. The fourth-order valence-corrected chi connectivity index (χ4v) is 2.97. The van der Waals surface area contributed by atoms with Crippen LogP contribution in [0.3, 0.4) is 0 Å². The Morgan fingerprint density at radius 1 is 1.10 bits per heavy atom. The highest BCUT2D eigenvalue weighted by atomic mass is 79.9. The topological polar surface area (TPSA) is 94.8 Å². The van der Waals surface area contributed by atoms with E-state index < -0.39 is 17.5 Å². The van der Waals surface area contributed by atoms with Crippen LogP contribution in [0.4, 0.5) is 5.69 Å². The standard InChI is InChI=1S/C21H18BrNO6/c1-2-27-8-9-28-20(25)13-4-3-5-16(11-13)23-19(24)17-12-14-10-15(22)6-7-18(14)29-21(17)26/h3-7,10-12H,2,8-9H2,1H3,(H,23,24). The van der Waals surface area contributed by atoms with E-state index in [2.05, 4.69) is 21.2 Å². The zero-order valence-electron chi connectivity index (χ0n) is 15.6. The number of rotatable bonds is 7. The number of hydrogen-bond donors (Lipinski definition) is 1. The summed E-state index contributed by atoms with van der Waals surface area (Å²) in [6.07, 6.45) is 0. The number of nitrogens with one attached hydrogen (secondary N) is 1. The van der Waals surface area contributed by atoms with Crippen LogP contribution >= 0.6 is 15.9 Å². The highest BCUT2D eigenvalue weighted by Crippen LogP contribution is 2.20. The molecular weight excluding hydrogens is 442 g/mol. The van der Waals surface area contributed by atoms with Crippen molar-refractivity contribution in [1.29, 1.82) is 0 Å². The monoisotopic (exact) mass is 459 g/mol. The van der Waals surface area contributed by atoms with Gasteiger partial charge in [0.1, 0.15) is 17.8 Å². The average molecular weight is 460 g/mol. The zero-order valence-corrected chi connectivity index (χ0v) is 17.2. The molecule has 1 heterocycles. The summed E-state index contributed by atoms with van der Waals surface area (Å²) in [6.45, 7) is 2.84. The summed E-state index contributed by atoms with van der Waals surface area (Å²) in [5, 5.41) is 3.21. The maximum atomic E-state index is 12.6. The minimum Gasteiger partial charge on any atom is -0.460 e. The molecule has 8 heteroatoms. The lowest BCUT2D eigenvalue weighted by atomic mass is 10.1. The first kappa shape index (κ1) is 20.8. The molecule has 7 nitrogen and oxygen atoms in total. The molecule has 0 saturated heterocycles. The molecule has 0 unspecified atom stereocenters. The van der Waals surface area contributed by atoms with Crippen molar-refractivity contribution in [2.24, 2.45) is 0 Å². The van der Waals surface area contributed by atoms with Crippen LogP contribution in [0, 0.1) is 0 Å². The van der Waals surface area contributed by atoms with Crippen LogP contribution in [-0.4, -0.2) is 31.7 Å². The number of carbonyl (C=O) groups is 2. The van der Waals surface area contributed by atoms with E-state index in [1.54, 1.807) is 36.4 Å². The third-order valence-electron chi connectivity index (χ3n) is 3.96. The molecule has 0 aliphatic heterocycles. The molecule has 0 radical (unpaired) electrons. The van der Waals surface area contributed by atoms with Gasteiger partial charge in [-0.3, -0.25) is 4.79 Å². The molecule has 0 spiro atoms. The smallest absolute Gasteiger partial charge is 0.349 e. The number of esters is 1. The van der Waals surface area contributed by atoms with Gasteiger partial charge in [0, 0.05) is 22.2 Å². The quantitative estimate of drug-likeness (QED) is 0.326. The Kier molecular flexibility index (Phi) is 6.79. The van der Waals surface area contributed by atoms with E-state index in [0.717, 1.165) is 4.47 Å². The van der Waals surface area contributed by atoms with Crippen molar-refractivity contribution in [2.45, 2.75) is 6.92 Å². The number of ether oxygens (including phenoxy) is 2. The lowest BCUT2D eigenvalue weighted by Crippen LogP contribution is -2.21. The molecule has 1 amide bonds. The first-order chi connectivity index (χ1) is 14.0. The molecule has 150 valence electrons. The van der Waals surface area contributed by atoms with E-state index in [0.29, 0.717) is 29.9 Å². The number of anilines is 1. The Hall–Kier alpha value is -2.97. The average Bonchev–Trinajstić information content (AvgIpc) is 2.71. The van der Waals surface area contributed by atoms with E-state index in [1.807, 2.05) is 6.92 Å². The summed E-state index contributed by atoms with van der Waals surface area (Å²) in [4.78, 5) is 36.8. The SMILES string of the molecule is CCOCCOC(=O)c1cccc(NC(=O)c2cc3cc(Br)ccc3oc2=O)c1. The second kappa shape index (κ2) is 9.49. The fraction of sp³-hybridized carbons (Fsp3) is 0.190. The van der Waals surface area contributed by atoms with Gasteiger partial charge in [-0.2, -0.15) is 0 Å². The molecule has 0 saturated carbocycles.